The summed E-state index contributed by atoms with van der Waals surface area (Å²) in [4.78, 5) is 31.8. The smallest absolute Gasteiger partial charge is 0.222 e. The number of amides is 3. The van der Waals surface area contributed by atoms with Crippen LogP contribution in [0.4, 0.5) is 0 Å². The van der Waals surface area contributed by atoms with Gasteiger partial charge in [0.2, 0.25) is 17.7 Å². The first kappa shape index (κ1) is 24.7. The van der Waals surface area contributed by atoms with Gasteiger partial charge in [0, 0.05) is 39.4 Å². The molecule has 3 N–H and O–H groups in total. The van der Waals surface area contributed by atoms with Gasteiger partial charge in [0.05, 0.1) is 0 Å². The van der Waals surface area contributed by atoms with Crippen LogP contribution in [-0.2, 0) is 14.4 Å². The Kier molecular flexibility index (Phi) is 15.4. The van der Waals surface area contributed by atoms with Crippen LogP contribution < -0.4 is 16.0 Å². The number of nitrogens with one attached hydrogen (secondary N) is 3. The maximum Gasteiger partial charge on any atom is 0.222 e. The Morgan fingerprint density at radius 2 is 1.50 bits per heavy atom. The fourth-order valence-electron chi connectivity index (χ4n) is 1.78. The standard InChI is InChI=1S/C6H11NO.2C6H13NO/c1-7-6(8)5-3-2-4-5;1-5(2)4-6(8)7-3;1-4-5(2)6(8)7-3/h5H,2-4H2,1H3,(H,7,8);2*5H,4H2,1-3H3,(H,7,8). The van der Waals surface area contributed by atoms with Gasteiger partial charge >= 0.3 is 0 Å². The van der Waals surface area contributed by atoms with Gasteiger partial charge in [-0.05, 0) is 25.2 Å². The zero-order valence-corrected chi connectivity index (χ0v) is 16.5. The van der Waals surface area contributed by atoms with E-state index in [0.717, 1.165) is 19.3 Å². The molecule has 0 aromatic heterocycles. The minimum atomic E-state index is 0.125. The molecule has 1 atom stereocenters. The first-order valence-corrected chi connectivity index (χ1v) is 8.87. The molecule has 0 spiro atoms. The summed E-state index contributed by atoms with van der Waals surface area (Å²) in [6, 6.07) is 0. The number of rotatable bonds is 5. The fraction of sp³-hybridized carbons (Fsp3) is 0.833. The molecule has 1 fully saturated rings. The van der Waals surface area contributed by atoms with Crippen LogP contribution >= 0.6 is 0 Å². The summed E-state index contributed by atoms with van der Waals surface area (Å²) in [5.74, 6) is 1.46. The molecule has 0 aliphatic heterocycles. The first-order valence-electron chi connectivity index (χ1n) is 8.87. The van der Waals surface area contributed by atoms with Crippen molar-refractivity contribution in [2.45, 2.75) is 59.8 Å². The SMILES string of the molecule is CCC(C)C(=O)NC.CNC(=O)C1CCC1.CNC(=O)CC(C)C. The first-order chi connectivity index (χ1) is 11.2. The zero-order chi connectivity index (χ0) is 19.1. The fourth-order valence-corrected chi connectivity index (χ4v) is 1.78. The summed E-state index contributed by atoms with van der Waals surface area (Å²) in [6.07, 6.45) is 4.98. The van der Waals surface area contributed by atoms with Gasteiger partial charge in [-0.3, -0.25) is 14.4 Å². The molecule has 6 nitrogen and oxygen atoms in total. The van der Waals surface area contributed by atoms with Crippen molar-refractivity contribution in [1.82, 2.24) is 16.0 Å². The van der Waals surface area contributed by atoms with Gasteiger partial charge in [0.15, 0.2) is 0 Å². The lowest BCUT2D eigenvalue weighted by atomic mass is 9.85. The lowest BCUT2D eigenvalue weighted by Crippen LogP contribution is -2.31. The predicted octanol–water partition coefficient (Wildman–Crippen LogP) is 2.09. The Balaban J connectivity index is 0. The monoisotopic (exact) mass is 343 g/mol. The van der Waals surface area contributed by atoms with Crippen LogP contribution in [0.3, 0.4) is 0 Å². The molecule has 6 heteroatoms. The van der Waals surface area contributed by atoms with Gasteiger partial charge in [-0.25, -0.2) is 0 Å². The molecule has 1 aliphatic carbocycles. The lowest BCUT2D eigenvalue weighted by Gasteiger charge is -2.22. The molecule has 1 aliphatic rings. The third kappa shape index (κ3) is 12.9. The van der Waals surface area contributed by atoms with E-state index in [9.17, 15) is 14.4 Å². The highest BCUT2D eigenvalue weighted by Crippen LogP contribution is 2.25. The van der Waals surface area contributed by atoms with Gasteiger partial charge < -0.3 is 16.0 Å². The van der Waals surface area contributed by atoms with Crippen LogP contribution in [0.2, 0.25) is 0 Å². The van der Waals surface area contributed by atoms with Crippen molar-refractivity contribution in [3.63, 3.8) is 0 Å². The Morgan fingerprint density at radius 1 is 0.958 bits per heavy atom. The summed E-state index contributed by atoms with van der Waals surface area (Å²) in [5.41, 5.74) is 0. The lowest BCUT2D eigenvalue weighted by molar-refractivity contribution is -0.127. The third-order valence-corrected chi connectivity index (χ3v) is 3.90. The van der Waals surface area contributed by atoms with E-state index in [-0.39, 0.29) is 23.6 Å². The molecule has 0 heterocycles. The van der Waals surface area contributed by atoms with Crippen molar-refractivity contribution in [3.8, 4) is 0 Å². The molecule has 3 amide bonds. The molecule has 1 rings (SSSR count). The molecule has 1 unspecified atom stereocenters. The van der Waals surface area contributed by atoms with Crippen LogP contribution in [0.25, 0.3) is 0 Å². The van der Waals surface area contributed by atoms with Crippen LogP contribution in [0, 0.1) is 17.8 Å². The van der Waals surface area contributed by atoms with Crippen molar-refractivity contribution in [3.05, 3.63) is 0 Å². The average molecular weight is 344 g/mol. The third-order valence-electron chi connectivity index (χ3n) is 3.90. The second-order valence-electron chi connectivity index (χ2n) is 6.44. The molecule has 1 saturated carbocycles. The highest BCUT2D eigenvalue weighted by Gasteiger charge is 2.23. The van der Waals surface area contributed by atoms with E-state index in [4.69, 9.17) is 0 Å². The van der Waals surface area contributed by atoms with Crippen LogP contribution in [-0.4, -0.2) is 38.9 Å². The minimum Gasteiger partial charge on any atom is -0.359 e. The Morgan fingerprint density at radius 3 is 1.62 bits per heavy atom. The van der Waals surface area contributed by atoms with E-state index in [1.54, 1.807) is 21.1 Å². The number of carbonyl (C=O) groups excluding carboxylic acids is 3. The van der Waals surface area contributed by atoms with Crippen LogP contribution in [0.15, 0.2) is 0 Å². The highest BCUT2D eigenvalue weighted by molar-refractivity contribution is 5.79. The van der Waals surface area contributed by atoms with Gasteiger partial charge in [-0.1, -0.05) is 34.1 Å². The molecule has 0 aromatic rings. The normalized spacial score (nSPS) is 14.0. The molecule has 0 radical (unpaired) electrons. The molecular weight excluding hydrogens is 306 g/mol. The molecule has 0 bridgehead atoms. The van der Waals surface area contributed by atoms with E-state index in [1.165, 1.54) is 6.42 Å². The van der Waals surface area contributed by atoms with E-state index in [1.807, 2.05) is 27.7 Å². The molecule has 0 saturated heterocycles. The van der Waals surface area contributed by atoms with E-state index in [2.05, 4.69) is 16.0 Å². The Hall–Kier alpha value is -1.59. The second-order valence-corrected chi connectivity index (χ2v) is 6.44. The summed E-state index contributed by atoms with van der Waals surface area (Å²) >= 11 is 0. The van der Waals surface area contributed by atoms with Crippen molar-refractivity contribution in [2.24, 2.45) is 17.8 Å². The van der Waals surface area contributed by atoms with Crippen LogP contribution in [0.1, 0.15) is 59.8 Å². The van der Waals surface area contributed by atoms with Crippen LogP contribution in [0.5, 0.6) is 0 Å². The maximum atomic E-state index is 10.7. The summed E-state index contributed by atoms with van der Waals surface area (Å²) in [5, 5.41) is 7.76. The van der Waals surface area contributed by atoms with Crippen molar-refractivity contribution < 1.29 is 14.4 Å². The second kappa shape index (κ2) is 15.0. The van der Waals surface area contributed by atoms with Gasteiger partial charge in [0.25, 0.3) is 0 Å². The largest absolute Gasteiger partial charge is 0.359 e. The van der Waals surface area contributed by atoms with Gasteiger partial charge in [-0.2, -0.15) is 0 Å². The predicted molar refractivity (Wildman–Crippen MR) is 98.5 cm³/mol. The number of hydrogen-bond acceptors (Lipinski definition) is 3. The molecule has 142 valence electrons. The maximum absolute atomic E-state index is 10.7. The zero-order valence-electron chi connectivity index (χ0n) is 16.5. The van der Waals surface area contributed by atoms with Gasteiger partial charge in [0.1, 0.15) is 0 Å². The Bertz CT molecular complexity index is 350. The quantitative estimate of drug-likeness (QED) is 0.714. The number of carbonyl (C=O) groups is 3. The number of hydrogen-bond donors (Lipinski definition) is 3. The van der Waals surface area contributed by atoms with E-state index >= 15 is 0 Å². The van der Waals surface area contributed by atoms with Crippen molar-refractivity contribution in [2.75, 3.05) is 21.1 Å². The highest BCUT2D eigenvalue weighted by atomic mass is 16.2. The molecule has 0 aromatic carbocycles. The van der Waals surface area contributed by atoms with Crippen molar-refractivity contribution >= 4 is 17.7 Å². The summed E-state index contributed by atoms with van der Waals surface area (Å²) in [7, 11) is 5.01. The van der Waals surface area contributed by atoms with E-state index in [0.29, 0.717) is 18.3 Å². The summed E-state index contributed by atoms with van der Waals surface area (Å²) in [6.45, 7) is 7.96. The minimum absolute atomic E-state index is 0.125. The van der Waals surface area contributed by atoms with Gasteiger partial charge in [-0.15, -0.1) is 0 Å². The average Bonchev–Trinajstić information content (AvgIpc) is 2.51. The van der Waals surface area contributed by atoms with E-state index < -0.39 is 0 Å². The summed E-state index contributed by atoms with van der Waals surface area (Å²) < 4.78 is 0. The van der Waals surface area contributed by atoms with Crippen molar-refractivity contribution in [1.29, 1.82) is 0 Å². The topological polar surface area (TPSA) is 87.3 Å². The Labute approximate surface area is 147 Å². The molecular formula is C18H37N3O3. The molecule has 24 heavy (non-hydrogen) atoms.